The summed E-state index contributed by atoms with van der Waals surface area (Å²) in [4.78, 5) is 23.3. The Balaban J connectivity index is 1.67. The molecule has 0 aliphatic heterocycles. The molecule has 8 nitrogen and oxygen atoms in total. The van der Waals surface area contributed by atoms with Crippen molar-refractivity contribution in [1.82, 2.24) is 20.3 Å². The highest BCUT2D eigenvalue weighted by atomic mass is 16.2. The number of H-pyrrole nitrogens is 1. The van der Waals surface area contributed by atoms with Gasteiger partial charge < -0.3 is 21.0 Å². The van der Waals surface area contributed by atoms with Crippen LogP contribution in [0.2, 0.25) is 0 Å². The van der Waals surface area contributed by atoms with Crippen LogP contribution >= 0.6 is 0 Å². The Kier molecular flexibility index (Phi) is 10.0. The standard InChI is InChI=1S/C23H33N7O/c1-18(13-19-9-5-3-6-10-19)14-27-22(31)17-30(25)16-21(26-2)12-8-4-7-11-20-15-28-23(24)29-20/h3,5-6,9-10,13,15-16H,2,4,7-8,11-12,14,17,25H2,1H3,(H,27,31)(H3,24,28,29)/b18-13+,21-16-. The van der Waals surface area contributed by atoms with Gasteiger partial charge in [0.1, 0.15) is 6.54 Å². The lowest BCUT2D eigenvalue weighted by Gasteiger charge is -2.15. The zero-order chi connectivity index (χ0) is 22.5. The number of nitrogens with one attached hydrogen (secondary N) is 2. The smallest absolute Gasteiger partial charge is 0.241 e. The maximum absolute atomic E-state index is 12.2. The van der Waals surface area contributed by atoms with Gasteiger partial charge in [-0.05, 0) is 44.9 Å². The molecule has 0 atom stereocenters. The summed E-state index contributed by atoms with van der Waals surface area (Å²) in [5, 5.41) is 4.23. The van der Waals surface area contributed by atoms with Gasteiger partial charge in [-0.1, -0.05) is 48.4 Å². The van der Waals surface area contributed by atoms with Crippen LogP contribution in [0.15, 0.2) is 59.0 Å². The van der Waals surface area contributed by atoms with Crippen LogP contribution in [0, 0.1) is 0 Å². The zero-order valence-electron chi connectivity index (χ0n) is 18.2. The maximum Gasteiger partial charge on any atom is 0.241 e. The van der Waals surface area contributed by atoms with Gasteiger partial charge in [-0.3, -0.25) is 9.79 Å². The molecule has 0 radical (unpaired) electrons. The van der Waals surface area contributed by atoms with E-state index >= 15 is 0 Å². The number of nitrogens with zero attached hydrogens (tertiary/aromatic N) is 3. The number of carbonyl (C=O) groups excluding carboxylic acids is 1. The second kappa shape index (κ2) is 13.0. The van der Waals surface area contributed by atoms with Crippen LogP contribution in [0.4, 0.5) is 5.95 Å². The molecule has 0 saturated heterocycles. The number of carbonyl (C=O) groups is 1. The summed E-state index contributed by atoms with van der Waals surface area (Å²) in [6.45, 7) is 6.11. The average Bonchev–Trinajstić information content (AvgIpc) is 3.17. The van der Waals surface area contributed by atoms with E-state index in [1.807, 2.05) is 49.5 Å². The van der Waals surface area contributed by atoms with Crippen LogP contribution in [0.1, 0.15) is 43.9 Å². The van der Waals surface area contributed by atoms with Gasteiger partial charge in [-0.2, -0.15) is 0 Å². The Morgan fingerprint density at radius 1 is 1.29 bits per heavy atom. The number of aromatic nitrogens is 2. The molecule has 1 amide bonds. The van der Waals surface area contributed by atoms with Crippen molar-refractivity contribution in [2.75, 3.05) is 18.8 Å². The molecule has 8 heteroatoms. The number of amides is 1. The van der Waals surface area contributed by atoms with Crippen LogP contribution in [0.25, 0.3) is 6.08 Å². The number of aromatic amines is 1. The number of rotatable bonds is 13. The molecule has 0 bridgehead atoms. The number of hydrogen-bond acceptors (Lipinski definition) is 6. The molecule has 0 aliphatic rings. The van der Waals surface area contributed by atoms with E-state index in [0.717, 1.165) is 54.6 Å². The van der Waals surface area contributed by atoms with Crippen molar-refractivity contribution in [2.45, 2.75) is 39.0 Å². The van der Waals surface area contributed by atoms with Crippen LogP contribution in [0.3, 0.4) is 0 Å². The van der Waals surface area contributed by atoms with E-state index in [4.69, 9.17) is 11.6 Å². The van der Waals surface area contributed by atoms with Gasteiger partial charge in [-0.25, -0.2) is 10.8 Å². The third-order valence-electron chi connectivity index (χ3n) is 4.64. The Bertz CT molecular complexity index is 886. The lowest BCUT2D eigenvalue weighted by Crippen LogP contribution is -2.38. The Labute approximate surface area is 184 Å². The Morgan fingerprint density at radius 2 is 2.06 bits per heavy atom. The maximum atomic E-state index is 12.2. The molecular formula is C23H33N7O. The van der Waals surface area contributed by atoms with Crippen LogP contribution in [-0.4, -0.2) is 40.7 Å². The first-order valence-corrected chi connectivity index (χ1v) is 10.4. The summed E-state index contributed by atoms with van der Waals surface area (Å²) in [6, 6.07) is 9.99. The van der Waals surface area contributed by atoms with Crippen molar-refractivity contribution in [3.63, 3.8) is 0 Å². The fourth-order valence-electron chi connectivity index (χ4n) is 3.06. The number of allylic oxidation sites excluding steroid dienone is 1. The van der Waals surface area contributed by atoms with Crippen molar-refractivity contribution < 1.29 is 4.79 Å². The lowest BCUT2D eigenvalue weighted by molar-refractivity contribution is -0.121. The summed E-state index contributed by atoms with van der Waals surface area (Å²) >= 11 is 0. The number of unbranched alkanes of at least 4 members (excludes halogenated alkanes) is 2. The van der Waals surface area contributed by atoms with Crippen molar-refractivity contribution >= 4 is 24.6 Å². The van der Waals surface area contributed by atoms with E-state index in [0.29, 0.717) is 12.5 Å². The number of nitrogen functional groups attached to an aromatic ring is 1. The number of anilines is 1. The first kappa shape index (κ1) is 23.9. The first-order valence-electron chi connectivity index (χ1n) is 10.4. The largest absolute Gasteiger partial charge is 0.369 e. The molecule has 0 fully saturated rings. The SMILES string of the molecule is C=N/C(=C\N(N)CC(=O)NC/C(C)=C/c1ccccc1)CCCCCc1c[nH]c(N)n1. The Hall–Kier alpha value is -3.39. The predicted octanol–water partition coefficient (Wildman–Crippen LogP) is 3.03. The molecular weight excluding hydrogens is 390 g/mol. The minimum absolute atomic E-state index is 0.0538. The number of hydrazine groups is 1. The van der Waals surface area contributed by atoms with Gasteiger partial charge in [0.25, 0.3) is 0 Å². The summed E-state index contributed by atoms with van der Waals surface area (Å²) in [6.07, 6.45) is 10.2. The molecule has 0 saturated carbocycles. The molecule has 2 aromatic rings. The first-order chi connectivity index (χ1) is 15.0. The third kappa shape index (κ3) is 9.77. The molecule has 166 valence electrons. The topological polar surface area (TPSA) is 125 Å². The highest BCUT2D eigenvalue weighted by Crippen LogP contribution is 2.12. The van der Waals surface area contributed by atoms with Crippen molar-refractivity contribution in [3.8, 4) is 0 Å². The molecule has 1 aromatic heterocycles. The number of hydrogen-bond donors (Lipinski definition) is 4. The lowest BCUT2D eigenvalue weighted by atomic mass is 10.1. The molecule has 1 aromatic carbocycles. The van der Waals surface area contributed by atoms with Gasteiger partial charge in [-0.15, -0.1) is 0 Å². The minimum atomic E-state index is -0.152. The quantitative estimate of drug-likeness (QED) is 0.171. The number of nitrogens with two attached hydrogens (primary N) is 2. The molecule has 0 unspecified atom stereocenters. The van der Waals surface area contributed by atoms with Gasteiger partial charge in [0.2, 0.25) is 5.91 Å². The third-order valence-corrected chi connectivity index (χ3v) is 4.64. The number of imidazole rings is 1. The van der Waals surface area contributed by atoms with Crippen LogP contribution < -0.4 is 16.9 Å². The predicted molar refractivity (Wildman–Crippen MR) is 127 cm³/mol. The van der Waals surface area contributed by atoms with E-state index in [9.17, 15) is 4.79 Å². The van der Waals surface area contributed by atoms with Crippen molar-refractivity contribution in [1.29, 1.82) is 0 Å². The number of benzene rings is 1. The van der Waals surface area contributed by atoms with E-state index in [1.165, 1.54) is 5.01 Å². The van der Waals surface area contributed by atoms with Crippen LogP contribution in [0.5, 0.6) is 0 Å². The molecule has 31 heavy (non-hydrogen) atoms. The van der Waals surface area contributed by atoms with E-state index < -0.39 is 0 Å². The van der Waals surface area contributed by atoms with Crippen molar-refractivity contribution in [3.05, 3.63) is 65.3 Å². The fourth-order valence-corrected chi connectivity index (χ4v) is 3.06. The van der Waals surface area contributed by atoms with Gasteiger partial charge in [0.05, 0.1) is 11.4 Å². The minimum Gasteiger partial charge on any atom is -0.369 e. The number of aliphatic imine (C=N–C) groups is 1. The van der Waals surface area contributed by atoms with E-state index in [-0.39, 0.29) is 12.5 Å². The molecule has 2 rings (SSSR count). The highest BCUT2D eigenvalue weighted by molar-refractivity contribution is 5.78. The monoisotopic (exact) mass is 423 g/mol. The Morgan fingerprint density at radius 3 is 2.74 bits per heavy atom. The van der Waals surface area contributed by atoms with Gasteiger partial charge in [0, 0.05) is 18.9 Å². The van der Waals surface area contributed by atoms with Gasteiger partial charge in [0.15, 0.2) is 5.95 Å². The molecule has 0 spiro atoms. The zero-order valence-corrected chi connectivity index (χ0v) is 18.2. The molecule has 0 aliphatic carbocycles. The van der Waals surface area contributed by atoms with Crippen molar-refractivity contribution in [2.24, 2.45) is 10.8 Å². The van der Waals surface area contributed by atoms with Gasteiger partial charge >= 0.3 is 0 Å². The fraction of sp³-hybridized carbons (Fsp3) is 0.348. The summed E-state index contributed by atoms with van der Waals surface area (Å²) in [7, 11) is 0. The second-order valence-corrected chi connectivity index (χ2v) is 7.47. The highest BCUT2D eigenvalue weighted by Gasteiger charge is 2.06. The van der Waals surface area contributed by atoms with Crippen LogP contribution in [-0.2, 0) is 11.2 Å². The van der Waals surface area contributed by atoms with E-state index in [1.54, 1.807) is 6.20 Å². The molecule has 6 N–H and O–H groups in total. The molecule has 1 heterocycles. The second-order valence-electron chi connectivity index (χ2n) is 7.47. The number of aryl methyl sites for hydroxylation is 1. The summed E-state index contributed by atoms with van der Waals surface area (Å²) in [5.74, 6) is 6.26. The average molecular weight is 424 g/mol. The normalized spacial score (nSPS) is 11.9. The van der Waals surface area contributed by atoms with E-state index in [2.05, 4.69) is 27.0 Å². The summed E-state index contributed by atoms with van der Waals surface area (Å²) in [5.41, 5.74) is 9.47. The summed E-state index contributed by atoms with van der Waals surface area (Å²) < 4.78 is 0.